The van der Waals surface area contributed by atoms with Crippen LogP contribution in [-0.4, -0.2) is 13.7 Å². The lowest BCUT2D eigenvalue weighted by molar-refractivity contribution is 0.414. The van der Waals surface area contributed by atoms with Crippen LogP contribution in [0.2, 0.25) is 0 Å². The third-order valence-electron chi connectivity index (χ3n) is 3.02. The van der Waals surface area contributed by atoms with Crippen LogP contribution < -0.4 is 10.1 Å². The van der Waals surface area contributed by atoms with Crippen LogP contribution in [0.25, 0.3) is 0 Å². The third-order valence-corrected chi connectivity index (χ3v) is 3.95. The second kappa shape index (κ2) is 6.57. The summed E-state index contributed by atoms with van der Waals surface area (Å²) in [5.74, 6) is 0.907. The van der Waals surface area contributed by atoms with Crippen molar-refractivity contribution in [3.63, 3.8) is 0 Å². The molecule has 96 valence electrons. The third kappa shape index (κ3) is 3.59. The molecule has 2 nitrogen and oxygen atoms in total. The topological polar surface area (TPSA) is 21.3 Å². The smallest absolute Gasteiger partial charge is 0.118 e. The molecule has 0 aliphatic rings. The van der Waals surface area contributed by atoms with Crippen molar-refractivity contribution in [3.05, 3.63) is 52.2 Å². The Labute approximate surface area is 113 Å². The molecular formula is C15H19NOS. The zero-order valence-corrected chi connectivity index (χ0v) is 11.7. The quantitative estimate of drug-likeness (QED) is 0.857. The van der Waals surface area contributed by atoms with E-state index in [9.17, 15) is 0 Å². The predicted molar refractivity (Wildman–Crippen MR) is 77.4 cm³/mol. The average Bonchev–Trinajstić information content (AvgIpc) is 2.92. The van der Waals surface area contributed by atoms with Gasteiger partial charge >= 0.3 is 0 Å². The number of rotatable bonds is 6. The molecule has 0 unspecified atom stereocenters. The lowest BCUT2D eigenvalue weighted by Crippen LogP contribution is -2.21. The van der Waals surface area contributed by atoms with Gasteiger partial charge in [-0.2, -0.15) is 0 Å². The molecule has 1 heterocycles. The Morgan fingerprint density at radius 2 is 2.00 bits per heavy atom. The van der Waals surface area contributed by atoms with Gasteiger partial charge in [-0.1, -0.05) is 18.2 Å². The Morgan fingerprint density at radius 3 is 2.61 bits per heavy atom. The molecule has 1 N–H and O–H groups in total. The Hall–Kier alpha value is -1.32. The van der Waals surface area contributed by atoms with Crippen molar-refractivity contribution in [1.82, 2.24) is 5.32 Å². The van der Waals surface area contributed by atoms with Gasteiger partial charge in [0.1, 0.15) is 5.75 Å². The van der Waals surface area contributed by atoms with Gasteiger partial charge in [0, 0.05) is 17.5 Å². The van der Waals surface area contributed by atoms with Gasteiger partial charge in [-0.25, -0.2) is 0 Å². The van der Waals surface area contributed by atoms with E-state index in [1.807, 2.05) is 23.5 Å². The molecule has 0 saturated carbocycles. The molecule has 18 heavy (non-hydrogen) atoms. The van der Waals surface area contributed by atoms with Gasteiger partial charge < -0.3 is 10.1 Å². The van der Waals surface area contributed by atoms with Crippen molar-refractivity contribution in [2.75, 3.05) is 13.7 Å². The first kappa shape index (κ1) is 13.1. The van der Waals surface area contributed by atoms with Crippen LogP contribution >= 0.6 is 11.3 Å². The van der Waals surface area contributed by atoms with Crippen LogP contribution in [0.5, 0.6) is 5.75 Å². The molecular weight excluding hydrogens is 242 g/mol. The number of hydrogen-bond donors (Lipinski definition) is 1. The van der Waals surface area contributed by atoms with Crippen LogP contribution in [0.1, 0.15) is 23.4 Å². The van der Waals surface area contributed by atoms with Gasteiger partial charge in [-0.3, -0.25) is 0 Å². The van der Waals surface area contributed by atoms with Crippen molar-refractivity contribution in [2.45, 2.75) is 19.4 Å². The summed E-state index contributed by atoms with van der Waals surface area (Å²) >= 11 is 1.82. The van der Waals surface area contributed by atoms with Crippen molar-refractivity contribution >= 4 is 11.3 Å². The fourth-order valence-corrected chi connectivity index (χ4v) is 2.59. The van der Waals surface area contributed by atoms with E-state index in [1.54, 1.807) is 7.11 Å². The van der Waals surface area contributed by atoms with Crippen LogP contribution in [0, 0.1) is 0 Å². The molecule has 2 rings (SSSR count). The maximum Gasteiger partial charge on any atom is 0.118 e. The van der Waals surface area contributed by atoms with Crippen molar-refractivity contribution in [2.24, 2.45) is 0 Å². The minimum atomic E-state index is 0.371. The number of benzene rings is 1. The van der Waals surface area contributed by atoms with Gasteiger partial charge in [0.25, 0.3) is 0 Å². The summed E-state index contributed by atoms with van der Waals surface area (Å²) in [6.45, 7) is 3.20. The summed E-state index contributed by atoms with van der Waals surface area (Å²) in [7, 11) is 1.69. The van der Waals surface area contributed by atoms with Crippen LogP contribution in [0.3, 0.4) is 0 Å². The molecule has 3 heteroatoms. The van der Waals surface area contributed by atoms with Crippen LogP contribution in [0.15, 0.2) is 41.8 Å². The van der Waals surface area contributed by atoms with E-state index < -0.39 is 0 Å². The summed E-state index contributed by atoms with van der Waals surface area (Å²) in [5, 5.41) is 5.67. The molecule has 0 aliphatic heterocycles. The maximum absolute atomic E-state index is 5.16. The lowest BCUT2D eigenvalue weighted by atomic mass is 10.1. The highest BCUT2D eigenvalue weighted by molar-refractivity contribution is 7.09. The van der Waals surface area contributed by atoms with Crippen molar-refractivity contribution in [1.29, 1.82) is 0 Å². The fraction of sp³-hybridized carbons (Fsp3) is 0.333. The molecule has 0 spiro atoms. The second-order valence-corrected chi connectivity index (χ2v) is 5.31. The zero-order chi connectivity index (χ0) is 12.8. The van der Waals surface area contributed by atoms with Gasteiger partial charge in [-0.15, -0.1) is 11.3 Å². The number of ether oxygens (including phenoxy) is 1. The summed E-state index contributed by atoms with van der Waals surface area (Å²) in [5.41, 5.74) is 1.29. The normalized spacial score (nSPS) is 12.3. The molecule has 0 amide bonds. The zero-order valence-electron chi connectivity index (χ0n) is 10.8. The molecule has 1 atom stereocenters. The summed E-state index contributed by atoms with van der Waals surface area (Å²) in [4.78, 5) is 1.43. The Bertz CT molecular complexity index is 450. The summed E-state index contributed by atoms with van der Waals surface area (Å²) in [6, 6.07) is 12.9. The van der Waals surface area contributed by atoms with E-state index in [-0.39, 0.29) is 0 Å². The van der Waals surface area contributed by atoms with E-state index in [0.29, 0.717) is 6.04 Å². The SMILES string of the molecule is COc1ccc([C@@H](C)NCCc2cccs2)cc1. The van der Waals surface area contributed by atoms with Gasteiger partial charge in [0.2, 0.25) is 0 Å². The highest BCUT2D eigenvalue weighted by atomic mass is 32.1. The van der Waals surface area contributed by atoms with E-state index in [1.165, 1.54) is 10.4 Å². The molecule has 1 aromatic heterocycles. The molecule has 0 fully saturated rings. The monoisotopic (exact) mass is 261 g/mol. The summed E-state index contributed by atoms with van der Waals surface area (Å²) in [6.07, 6.45) is 1.10. The highest BCUT2D eigenvalue weighted by Gasteiger charge is 2.04. The minimum absolute atomic E-state index is 0.371. The number of hydrogen-bond acceptors (Lipinski definition) is 3. The highest BCUT2D eigenvalue weighted by Crippen LogP contribution is 2.17. The Kier molecular flexibility index (Phi) is 4.79. The second-order valence-electron chi connectivity index (χ2n) is 4.28. The van der Waals surface area contributed by atoms with Gasteiger partial charge in [0.15, 0.2) is 0 Å². The molecule has 1 aromatic carbocycles. The van der Waals surface area contributed by atoms with E-state index in [4.69, 9.17) is 4.74 Å². The molecule has 0 bridgehead atoms. The largest absolute Gasteiger partial charge is 0.497 e. The van der Waals surface area contributed by atoms with Gasteiger partial charge in [0.05, 0.1) is 7.11 Å². The first-order chi connectivity index (χ1) is 8.79. The molecule has 0 radical (unpaired) electrons. The van der Waals surface area contributed by atoms with Crippen molar-refractivity contribution < 1.29 is 4.74 Å². The Balaban J connectivity index is 1.81. The first-order valence-corrected chi connectivity index (χ1v) is 7.07. The van der Waals surface area contributed by atoms with Gasteiger partial charge in [-0.05, 0) is 42.5 Å². The Morgan fingerprint density at radius 1 is 1.22 bits per heavy atom. The van der Waals surface area contributed by atoms with Crippen molar-refractivity contribution in [3.8, 4) is 5.75 Å². The fourth-order valence-electron chi connectivity index (χ4n) is 1.88. The molecule has 0 aliphatic carbocycles. The number of methoxy groups -OCH3 is 1. The maximum atomic E-state index is 5.16. The molecule has 2 aromatic rings. The van der Waals surface area contributed by atoms with Crippen LogP contribution in [-0.2, 0) is 6.42 Å². The van der Waals surface area contributed by atoms with Crippen LogP contribution in [0.4, 0.5) is 0 Å². The minimum Gasteiger partial charge on any atom is -0.497 e. The number of thiophene rings is 1. The number of nitrogens with one attached hydrogen (secondary N) is 1. The lowest BCUT2D eigenvalue weighted by Gasteiger charge is -2.14. The first-order valence-electron chi connectivity index (χ1n) is 6.19. The molecule has 0 saturated heterocycles. The van der Waals surface area contributed by atoms with E-state index in [2.05, 4.69) is 41.9 Å². The summed E-state index contributed by atoms with van der Waals surface area (Å²) < 4.78 is 5.16. The standard InChI is InChI=1S/C15H19NOS/c1-12(13-5-7-14(17-2)8-6-13)16-10-9-15-4-3-11-18-15/h3-8,11-12,16H,9-10H2,1-2H3/t12-/m1/s1. The average molecular weight is 261 g/mol. The predicted octanol–water partition coefficient (Wildman–Crippen LogP) is 3.65. The van der Waals surface area contributed by atoms with E-state index in [0.717, 1.165) is 18.7 Å². The van der Waals surface area contributed by atoms with E-state index >= 15 is 0 Å².